The van der Waals surface area contributed by atoms with Crippen LogP contribution < -0.4 is 0 Å². The van der Waals surface area contributed by atoms with Crippen molar-refractivity contribution >= 4 is 11.9 Å². The van der Waals surface area contributed by atoms with E-state index in [1.54, 1.807) is 0 Å². The first-order valence-electron chi connectivity index (χ1n) is 5.26. The molecular weight excluding hydrogens is 224 g/mol. The number of aromatic nitrogens is 1. The molecule has 1 aromatic heterocycles. The third-order valence-electron chi connectivity index (χ3n) is 2.83. The molecule has 0 spiro atoms. The van der Waals surface area contributed by atoms with Crippen LogP contribution in [0, 0.1) is 0 Å². The summed E-state index contributed by atoms with van der Waals surface area (Å²) in [7, 11) is 1.44. The Kier molecular flexibility index (Phi) is 3.55. The Balaban J connectivity index is 3.02. The lowest BCUT2D eigenvalue weighted by molar-refractivity contribution is -0.147. The molecule has 1 aromatic rings. The standard InChI is InChI=1S/C11H16N2O4/c1-5-7-8(12-6-17-7)9(14)13(4)11(2,3)10(15)16/h6H,5H2,1-4H3,(H,15,16). The van der Waals surface area contributed by atoms with E-state index in [2.05, 4.69) is 4.98 Å². The maximum absolute atomic E-state index is 12.1. The topological polar surface area (TPSA) is 83.6 Å². The summed E-state index contributed by atoms with van der Waals surface area (Å²) in [6.07, 6.45) is 1.72. The highest BCUT2D eigenvalue weighted by Crippen LogP contribution is 2.18. The zero-order chi connectivity index (χ0) is 13.2. The van der Waals surface area contributed by atoms with Gasteiger partial charge in [0.15, 0.2) is 12.1 Å². The van der Waals surface area contributed by atoms with Crippen LogP contribution in [0.1, 0.15) is 37.0 Å². The minimum atomic E-state index is -1.29. The van der Waals surface area contributed by atoms with E-state index in [1.165, 1.54) is 27.3 Å². The van der Waals surface area contributed by atoms with E-state index in [4.69, 9.17) is 9.52 Å². The maximum atomic E-state index is 12.1. The second-order valence-electron chi connectivity index (χ2n) is 4.21. The van der Waals surface area contributed by atoms with Gasteiger partial charge in [0.1, 0.15) is 11.3 Å². The zero-order valence-electron chi connectivity index (χ0n) is 10.4. The van der Waals surface area contributed by atoms with Crippen LogP contribution >= 0.6 is 0 Å². The summed E-state index contributed by atoms with van der Waals surface area (Å²) in [4.78, 5) is 28.1. The Bertz CT molecular complexity index is 436. The Morgan fingerprint density at radius 3 is 2.59 bits per heavy atom. The highest BCUT2D eigenvalue weighted by atomic mass is 16.4. The molecule has 1 heterocycles. The molecule has 0 aliphatic carbocycles. The molecule has 0 atom stereocenters. The fraction of sp³-hybridized carbons (Fsp3) is 0.545. The van der Waals surface area contributed by atoms with Crippen LogP contribution in [0.3, 0.4) is 0 Å². The monoisotopic (exact) mass is 240 g/mol. The summed E-state index contributed by atoms with van der Waals surface area (Å²) in [5.41, 5.74) is -1.12. The number of oxazole rings is 1. The summed E-state index contributed by atoms with van der Waals surface area (Å²) in [5, 5.41) is 9.05. The molecule has 0 saturated carbocycles. The van der Waals surface area contributed by atoms with Gasteiger partial charge in [-0.15, -0.1) is 0 Å². The van der Waals surface area contributed by atoms with Gasteiger partial charge in [-0.2, -0.15) is 0 Å². The van der Waals surface area contributed by atoms with Crippen molar-refractivity contribution in [1.29, 1.82) is 0 Å². The van der Waals surface area contributed by atoms with Gasteiger partial charge in [-0.3, -0.25) is 4.79 Å². The number of carbonyl (C=O) groups is 2. The Morgan fingerprint density at radius 2 is 2.12 bits per heavy atom. The van der Waals surface area contributed by atoms with Crippen molar-refractivity contribution in [2.45, 2.75) is 32.7 Å². The molecule has 0 aliphatic heterocycles. The van der Waals surface area contributed by atoms with Crippen molar-refractivity contribution in [1.82, 2.24) is 9.88 Å². The van der Waals surface area contributed by atoms with Crippen LogP contribution in [0.2, 0.25) is 0 Å². The first-order chi connectivity index (χ1) is 7.82. The van der Waals surface area contributed by atoms with E-state index in [9.17, 15) is 9.59 Å². The number of likely N-dealkylation sites (N-methyl/N-ethyl adjacent to an activating group) is 1. The zero-order valence-corrected chi connectivity index (χ0v) is 10.4. The number of hydrogen-bond donors (Lipinski definition) is 1. The fourth-order valence-electron chi connectivity index (χ4n) is 1.25. The second kappa shape index (κ2) is 4.57. The molecular formula is C11H16N2O4. The summed E-state index contributed by atoms with van der Waals surface area (Å²) < 4.78 is 5.05. The van der Waals surface area contributed by atoms with Crippen molar-refractivity contribution in [3.63, 3.8) is 0 Å². The predicted octanol–water partition coefficient (Wildman–Crippen LogP) is 1.17. The van der Waals surface area contributed by atoms with Crippen molar-refractivity contribution in [2.75, 3.05) is 7.05 Å². The van der Waals surface area contributed by atoms with E-state index in [0.29, 0.717) is 12.2 Å². The predicted molar refractivity (Wildman–Crippen MR) is 59.7 cm³/mol. The van der Waals surface area contributed by atoms with Crippen LogP contribution in [-0.2, 0) is 11.2 Å². The number of carboxylic acids is 1. The molecule has 0 fully saturated rings. The Labute approximate surface area is 99.2 Å². The lowest BCUT2D eigenvalue weighted by Crippen LogP contribution is -2.51. The molecule has 0 radical (unpaired) electrons. The number of carbonyl (C=O) groups excluding carboxylic acids is 1. The summed E-state index contributed by atoms with van der Waals surface area (Å²) in [6.45, 7) is 4.75. The largest absolute Gasteiger partial charge is 0.480 e. The van der Waals surface area contributed by atoms with Gasteiger partial charge in [0, 0.05) is 13.5 Å². The van der Waals surface area contributed by atoms with Gasteiger partial charge in [-0.1, -0.05) is 6.92 Å². The number of nitrogens with zero attached hydrogens (tertiary/aromatic N) is 2. The van der Waals surface area contributed by atoms with Gasteiger partial charge in [-0.25, -0.2) is 9.78 Å². The van der Waals surface area contributed by atoms with Gasteiger partial charge < -0.3 is 14.4 Å². The van der Waals surface area contributed by atoms with Crippen LogP contribution in [-0.4, -0.2) is 39.5 Å². The second-order valence-corrected chi connectivity index (χ2v) is 4.21. The lowest BCUT2D eigenvalue weighted by atomic mass is 10.0. The molecule has 0 bridgehead atoms. The molecule has 6 heteroatoms. The van der Waals surface area contributed by atoms with Crippen molar-refractivity contribution in [2.24, 2.45) is 0 Å². The number of aliphatic carboxylic acids is 1. The van der Waals surface area contributed by atoms with Gasteiger partial charge in [0.2, 0.25) is 0 Å². The molecule has 0 saturated heterocycles. The molecule has 0 aromatic carbocycles. The van der Waals surface area contributed by atoms with E-state index in [1.807, 2.05) is 6.92 Å². The maximum Gasteiger partial charge on any atom is 0.329 e. The molecule has 0 unspecified atom stereocenters. The van der Waals surface area contributed by atoms with Crippen molar-refractivity contribution in [3.05, 3.63) is 17.8 Å². The quantitative estimate of drug-likeness (QED) is 0.854. The highest BCUT2D eigenvalue weighted by Gasteiger charge is 2.37. The number of aryl methyl sites for hydroxylation is 1. The first kappa shape index (κ1) is 13.2. The minimum absolute atomic E-state index is 0.171. The van der Waals surface area contributed by atoms with Crippen molar-refractivity contribution in [3.8, 4) is 0 Å². The van der Waals surface area contributed by atoms with E-state index >= 15 is 0 Å². The SMILES string of the molecule is CCc1ocnc1C(=O)N(C)C(C)(C)C(=O)O. The van der Waals surface area contributed by atoms with Gasteiger partial charge in [0.25, 0.3) is 5.91 Å². The summed E-state index contributed by atoms with van der Waals surface area (Å²) in [5.74, 6) is -1.07. The Morgan fingerprint density at radius 1 is 1.53 bits per heavy atom. The highest BCUT2D eigenvalue weighted by molar-refractivity contribution is 5.96. The van der Waals surface area contributed by atoms with Crippen LogP contribution in [0.25, 0.3) is 0 Å². The third-order valence-corrected chi connectivity index (χ3v) is 2.83. The fourth-order valence-corrected chi connectivity index (χ4v) is 1.25. The number of rotatable bonds is 4. The van der Waals surface area contributed by atoms with Crippen LogP contribution in [0.15, 0.2) is 10.8 Å². The molecule has 6 nitrogen and oxygen atoms in total. The molecule has 1 amide bonds. The van der Waals surface area contributed by atoms with Crippen LogP contribution in [0.4, 0.5) is 0 Å². The minimum Gasteiger partial charge on any atom is -0.480 e. The van der Waals surface area contributed by atoms with E-state index < -0.39 is 17.4 Å². The van der Waals surface area contributed by atoms with E-state index in [0.717, 1.165) is 4.90 Å². The van der Waals surface area contributed by atoms with Gasteiger partial charge >= 0.3 is 5.97 Å². The molecule has 17 heavy (non-hydrogen) atoms. The number of hydrogen-bond acceptors (Lipinski definition) is 4. The average molecular weight is 240 g/mol. The number of carboxylic acid groups (broad SMARTS) is 1. The van der Waals surface area contributed by atoms with Gasteiger partial charge in [0.05, 0.1) is 0 Å². The van der Waals surface area contributed by atoms with Gasteiger partial charge in [-0.05, 0) is 13.8 Å². The van der Waals surface area contributed by atoms with Crippen molar-refractivity contribution < 1.29 is 19.1 Å². The molecule has 1 N–H and O–H groups in total. The van der Waals surface area contributed by atoms with E-state index in [-0.39, 0.29) is 5.69 Å². The summed E-state index contributed by atoms with van der Waals surface area (Å²) in [6, 6.07) is 0. The lowest BCUT2D eigenvalue weighted by Gasteiger charge is -2.31. The Hall–Kier alpha value is -1.85. The van der Waals surface area contributed by atoms with Crippen LogP contribution in [0.5, 0.6) is 0 Å². The molecule has 94 valence electrons. The first-order valence-corrected chi connectivity index (χ1v) is 5.26. The summed E-state index contributed by atoms with van der Waals surface area (Å²) >= 11 is 0. The average Bonchev–Trinajstić information content (AvgIpc) is 2.74. The smallest absolute Gasteiger partial charge is 0.329 e. The molecule has 1 rings (SSSR count). The number of amides is 1. The third kappa shape index (κ3) is 2.30. The molecule has 0 aliphatic rings. The normalized spacial score (nSPS) is 11.3.